The van der Waals surface area contributed by atoms with E-state index in [-0.39, 0.29) is 34.7 Å². The van der Waals surface area contributed by atoms with Crippen LogP contribution in [0.5, 0.6) is 0 Å². The molecule has 6 heteroatoms. The number of hydrogen-bond acceptors (Lipinski definition) is 3. The highest BCUT2D eigenvalue weighted by molar-refractivity contribution is 5.88. The maximum absolute atomic E-state index is 12.7. The van der Waals surface area contributed by atoms with Gasteiger partial charge in [-0.15, -0.1) is 0 Å². The summed E-state index contributed by atoms with van der Waals surface area (Å²) in [6.07, 6.45) is 2.13. The van der Waals surface area contributed by atoms with Crippen LogP contribution in [-0.2, 0) is 16.9 Å². The van der Waals surface area contributed by atoms with Crippen molar-refractivity contribution in [2.24, 2.45) is 11.8 Å². The van der Waals surface area contributed by atoms with Crippen LogP contribution in [0.1, 0.15) is 30.5 Å². The van der Waals surface area contributed by atoms with Gasteiger partial charge in [-0.1, -0.05) is 18.2 Å². The van der Waals surface area contributed by atoms with Crippen molar-refractivity contribution in [3.8, 4) is 0 Å². The Hall–Kier alpha value is -2.37. The van der Waals surface area contributed by atoms with Gasteiger partial charge in [0.15, 0.2) is 0 Å². The van der Waals surface area contributed by atoms with Gasteiger partial charge in [-0.2, -0.15) is 0 Å². The second-order valence-electron chi connectivity index (χ2n) is 7.74. The van der Waals surface area contributed by atoms with Crippen LogP contribution >= 0.6 is 0 Å². The molecule has 6 nitrogen and oxygen atoms in total. The smallest absolute Gasteiger partial charge is 0.223 e. The lowest BCUT2D eigenvalue weighted by molar-refractivity contribution is -0.489. The number of amides is 1. The van der Waals surface area contributed by atoms with Gasteiger partial charge in [0.1, 0.15) is 0 Å². The molecule has 3 aliphatic rings. The standard InChI is InChI=1S/C19H21N3O3/c1-12-14-4-2-3-5-16(14)20-8-9-21-17(23)10-15-13(11-22(24)25)6-7-19(15,21)18(12)20/h2-5,13,15H,6-11H2,1H3/t13-,15?,19?/m0/s1. The first-order valence-corrected chi connectivity index (χ1v) is 9.04. The Balaban J connectivity index is 1.74. The molecule has 130 valence electrons. The molecule has 2 aromatic rings. The van der Waals surface area contributed by atoms with Gasteiger partial charge in [0.2, 0.25) is 12.5 Å². The van der Waals surface area contributed by atoms with Crippen molar-refractivity contribution in [2.75, 3.05) is 13.1 Å². The van der Waals surface area contributed by atoms with Crippen molar-refractivity contribution in [1.29, 1.82) is 0 Å². The van der Waals surface area contributed by atoms with Gasteiger partial charge < -0.3 is 9.47 Å². The van der Waals surface area contributed by atoms with Crippen molar-refractivity contribution < 1.29 is 9.72 Å². The normalized spacial score (nSPS) is 30.4. The number of carbonyl (C=O) groups excluding carboxylic acids is 1. The Morgan fingerprint density at radius 3 is 2.92 bits per heavy atom. The van der Waals surface area contributed by atoms with Gasteiger partial charge in [0.25, 0.3) is 0 Å². The first kappa shape index (κ1) is 14.9. The number of aryl methyl sites for hydroxylation is 1. The molecule has 3 atom stereocenters. The molecule has 1 aromatic heterocycles. The average Bonchev–Trinajstić information content (AvgIpc) is 3.17. The Bertz CT molecular complexity index is 918. The minimum atomic E-state index is -0.334. The molecule has 1 spiro atoms. The number of nitro groups is 1. The summed E-state index contributed by atoms with van der Waals surface area (Å²) in [6, 6.07) is 8.40. The fourth-order valence-corrected chi connectivity index (χ4v) is 6.00. The molecule has 3 heterocycles. The van der Waals surface area contributed by atoms with E-state index in [2.05, 4.69) is 40.7 Å². The third kappa shape index (κ3) is 1.72. The summed E-state index contributed by atoms with van der Waals surface area (Å²) in [5.41, 5.74) is 3.36. The zero-order chi connectivity index (χ0) is 17.3. The van der Waals surface area contributed by atoms with Crippen LogP contribution in [0.25, 0.3) is 10.9 Å². The largest absolute Gasteiger partial charge is 0.340 e. The zero-order valence-corrected chi connectivity index (χ0v) is 14.3. The molecule has 0 radical (unpaired) electrons. The molecular weight excluding hydrogens is 318 g/mol. The Kier molecular flexibility index (Phi) is 2.89. The molecule has 1 aliphatic carbocycles. The number of benzene rings is 1. The molecule has 2 unspecified atom stereocenters. The second kappa shape index (κ2) is 4.84. The maximum atomic E-state index is 12.7. The fraction of sp³-hybridized carbons (Fsp3) is 0.526. The van der Waals surface area contributed by atoms with E-state index in [1.165, 1.54) is 22.2 Å². The SMILES string of the molecule is Cc1c2n(c3ccccc13)CCN1C(=O)CC3[C@H](C[N+](=O)[O-])CCC231. The van der Waals surface area contributed by atoms with Crippen LogP contribution in [0.3, 0.4) is 0 Å². The van der Waals surface area contributed by atoms with Crippen LogP contribution in [-0.4, -0.2) is 33.4 Å². The third-order valence-corrected chi connectivity index (χ3v) is 6.82. The van der Waals surface area contributed by atoms with Crippen molar-refractivity contribution >= 4 is 16.8 Å². The van der Waals surface area contributed by atoms with Gasteiger partial charge in [0.05, 0.1) is 5.54 Å². The highest BCUT2D eigenvalue weighted by Gasteiger charge is 2.63. The van der Waals surface area contributed by atoms with Crippen LogP contribution in [0.2, 0.25) is 0 Å². The molecule has 2 aliphatic heterocycles. The summed E-state index contributed by atoms with van der Waals surface area (Å²) >= 11 is 0. The molecule has 1 aromatic carbocycles. The maximum Gasteiger partial charge on any atom is 0.223 e. The first-order valence-electron chi connectivity index (χ1n) is 9.04. The average molecular weight is 339 g/mol. The molecule has 5 rings (SSSR count). The second-order valence-corrected chi connectivity index (χ2v) is 7.74. The van der Waals surface area contributed by atoms with Crippen molar-refractivity contribution in [3.05, 3.63) is 45.6 Å². The van der Waals surface area contributed by atoms with E-state index in [4.69, 9.17) is 0 Å². The Morgan fingerprint density at radius 1 is 1.32 bits per heavy atom. The summed E-state index contributed by atoms with van der Waals surface area (Å²) in [5, 5.41) is 12.4. The van der Waals surface area contributed by atoms with E-state index >= 15 is 0 Å². The molecule has 1 saturated heterocycles. The Labute approximate surface area is 145 Å². The highest BCUT2D eigenvalue weighted by atomic mass is 16.6. The molecule has 1 saturated carbocycles. The van der Waals surface area contributed by atoms with Gasteiger partial charge >= 0.3 is 0 Å². The number of fused-ring (bicyclic) bond motifs is 3. The highest BCUT2D eigenvalue weighted by Crippen LogP contribution is 2.59. The molecule has 1 amide bonds. The summed E-state index contributed by atoms with van der Waals surface area (Å²) < 4.78 is 2.38. The minimum absolute atomic E-state index is 0.00656. The predicted octanol–water partition coefficient (Wildman–Crippen LogP) is 2.69. The van der Waals surface area contributed by atoms with Gasteiger partial charge in [-0.3, -0.25) is 14.9 Å². The van der Waals surface area contributed by atoms with E-state index in [1.54, 1.807) is 0 Å². The van der Waals surface area contributed by atoms with Crippen molar-refractivity contribution in [1.82, 2.24) is 9.47 Å². The summed E-state index contributed by atoms with van der Waals surface area (Å²) in [6.45, 7) is 3.65. The lowest BCUT2D eigenvalue weighted by Crippen LogP contribution is -2.51. The number of aromatic nitrogens is 1. The monoisotopic (exact) mass is 339 g/mol. The minimum Gasteiger partial charge on any atom is -0.340 e. The van der Waals surface area contributed by atoms with Crippen LogP contribution in [0.4, 0.5) is 0 Å². The van der Waals surface area contributed by atoms with Crippen LogP contribution in [0.15, 0.2) is 24.3 Å². The van der Waals surface area contributed by atoms with E-state index in [9.17, 15) is 14.9 Å². The predicted molar refractivity (Wildman–Crippen MR) is 92.8 cm³/mol. The Morgan fingerprint density at radius 2 is 2.12 bits per heavy atom. The van der Waals surface area contributed by atoms with Gasteiger partial charge in [-0.05, 0) is 31.4 Å². The summed E-state index contributed by atoms with van der Waals surface area (Å²) in [4.78, 5) is 25.7. The third-order valence-electron chi connectivity index (χ3n) is 6.82. The molecule has 0 N–H and O–H groups in total. The molecule has 2 fully saturated rings. The van der Waals surface area contributed by atoms with Gasteiger partial charge in [-0.25, -0.2) is 0 Å². The molecule has 25 heavy (non-hydrogen) atoms. The van der Waals surface area contributed by atoms with E-state index < -0.39 is 0 Å². The number of para-hydroxylation sites is 1. The number of carbonyl (C=O) groups is 1. The number of hydrogen-bond donors (Lipinski definition) is 0. The van der Waals surface area contributed by atoms with Crippen molar-refractivity contribution in [2.45, 2.75) is 38.3 Å². The van der Waals surface area contributed by atoms with E-state index in [1.807, 2.05) is 0 Å². The van der Waals surface area contributed by atoms with E-state index in [0.717, 1.165) is 19.4 Å². The lowest BCUT2D eigenvalue weighted by atomic mass is 9.79. The quantitative estimate of drug-likeness (QED) is 0.624. The number of rotatable bonds is 2. The topological polar surface area (TPSA) is 68.4 Å². The lowest BCUT2D eigenvalue weighted by Gasteiger charge is -2.44. The van der Waals surface area contributed by atoms with Crippen molar-refractivity contribution in [3.63, 3.8) is 0 Å². The number of nitrogens with zero attached hydrogens (tertiary/aromatic N) is 3. The fourth-order valence-electron chi connectivity index (χ4n) is 6.00. The zero-order valence-electron chi connectivity index (χ0n) is 14.3. The molecular formula is C19H21N3O3. The summed E-state index contributed by atoms with van der Waals surface area (Å²) in [7, 11) is 0. The first-order chi connectivity index (χ1) is 12.0. The summed E-state index contributed by atoms with van der Waals surface area (Å²) in [5.74, 6) is 0.231. The van der Waals surface area contributed by atoms with E-state index in [0.29, 0.717) is 13.0 Å². The van der Waals surface area contributed by atoms with Gasteiger partial charge in [0, 0.05) is 52.9 Å². The van der Waals surface area contributed by atoms with Crippen LogP contribution < -0.4 is 0 Å². The van der Waals surface area contributed by atoms with Crippen LogP contribution in [0, 0.1) is 28.9 Å². The molecule has 0 bridgehead atoms.